The van der Waals surface area contributed by atoms with Gasteiger partial charge < -0.3 is 9.88 Å². The van der Waals surface area contributed by atoms with Gasteiger partial charge in [-0.15, -0.1) is 11.3 Å². The summed E-state index contributed by atoms with van der Waals surface area (Å²) in [5.74, 6) is -0.0303. The first kappa shape index (κ1) is 15.1. The normalized spacial score (nSPS) is 11.0. The molecule has 2 heterocycles. The second-order valence-electron chi connectivity index (χ2n) is 5.04. The third-order valence-corrected chi connectivity index (χ3v) is 4.93. The Labute approximate surface area is 138 Å². The molecule has 0 unspecified atom stereocenters. The summed E-state index contributed by atoms with van der Waals surface area (Å²) in [5, 5.41) is 5.78. The highest BCUT2D eigenvalue weighted by molar-refractivity contribution is 7.17. The van der Waals surface area contributed by atoms with Gasteiger partial charge in [0.2, 0.25) is 0 Å². The minimum Gasteiger partial charge on any atom is -0.350 e. The van der Waals surface area contributed by atoms with E-state index in [1.807, 2.05) is 30.3 Å². The molecule has 3 nitrogen and oxygen atoms in total. The van der Waals surface area contributed by atoms with Crippen molar-refractivity contribution >= 4 is 39.1 Å². The molecule has 0 aliphatic rings. The molecule has 1 N–H and O–H groups in total. The molecule has 0 aliphatic heterocycles. The van der Waals surface area contributed by atoms with Crippen molar-refractivity contribution in [1.29, 1.82) is 0 Å². The summed E-state index contributed by atoms with van der Waals surface area (Å²) in [6.07, 6.45) is 0.729. The summed E-state index contributed by atoms with van der Waals surface area (Å²) in [5.41, 5.74) is 2.91. The van der Waals surface area contributed by atoms with Crippen LogP contribution in [0.15, 0.2) is 41.8 Å². The Morgan fingerprint density at radius 3 is 2.91 bits per heavy atom. The number of rotatable bonds is 5. The first-order chi connectivity index (χ1) is 10.7. The van der Waals surface area contributed by atoms with E-state index < -0.39 is 0 Å². The fourth-order valence-corrected chi connectivity index (χ4v) is 3.66. The molecule has 1 amide bonds. The van der Waals surface area contributed by atoms with Crippen molar-refractivity contribution in [3.63, 3.8) is 0 Å². The number of thiophene rings is 1. The Kier molecular flexibility index (Phi) is 4.50. The SMILES string of the molecule is CCn1c(C(=O)NCCc2ccccc2Cl)cc2sccc21. The molecule has 0 radical (unpaired) electrons. The first-order valence-electron chi connectivity index (χ1n) is 7.29. The predicted molar refractivity (Wildman–Crippen MR) is 93.0 cm³/mol. The molecule has 0 aliphatic carbocycles. The number of benzene rings is 1. The summed E-state index contributed by atoms with van der Waals surface area (Å²) in [6.45, 7) is 3.41. The second-order valence-corrected chi connectivity index (χ2v) is 6.40. The number of carbonyl (C=O) groups excluding carboxylic acids is 1. The van der Waals surface area contributed by atoms with Crippen LogP contribution in [0.4, 0.5) is 0 Å². The molecular weight excluding hydrogens is 316 g/mol. The quantitative estimate of drug-likeness (QED) is 0.740. The summed E-state index contributed by atoms with van der Waals surface area (Å²) in [7, 11) is 0. The third kappa shape index (κ3) is 2.89. The Balaban J connectivity index is 1.68. The molecule has 1 aromatic carbocycles. The van der Waals surface area contributed by atoms with E-state index in [2.05, 4.69) is 28.3 Å². The highest BCUT2D eigenvalue weighted by atomic mass is 35.5. The number of fused-ring (bicyclic) bond motifs is 1. The van der Waals surface area contributed by atoms with Gasteiger partial charge in [0.25, 0.3) is 5.91 Å². The van der Waals surface area contributed by atoms with Crippen molar-refractivity contribution in [3.8, 4) is 0 Å². The minimum absolute atomic E-state index is 0.0303. The van der Waals surface area contributed by atoms with Gasteiger partial charge in [0.15, 0.2) is 0 Å². The van der Waals surface area contributed by atoms with Crippen LogP contribution < -0.4 is 5.32 Å². The highest BCUT2D eigenvalue weighted by Crippen LogP contribution is 2.25. The summed E-state index contributed by atoms with van der Waals surface area (Å²) < 4.78 is 3.20. The van der Waals surface area contributed by atoms with Gasteiger partial charge in [0.05, 0.1) is 10.2 Å². The molecule has 0 saturated carbocycles. The van der Waals surface area contributed by atoms with Gasteiger partial charge in [0, 0.05) is 18.1 Å². The van der Waals surface area contributed by atoms with E-state index >= 15 is 0 Å². The van der Waals surface area contributed by atoms with Gasteiger partial charge in [-0.2, -0.15) is 0 Å². The maximum Gasteiger partial charge on any atom is 0.267 e. The van der Waals surface area contributed by atoms with Crippen LogP contribution in [0, 0.1) is 0 Å². The number of amides is 1. The molecule has 2 aromatic heterocycles. The highest BCUT2D eigenvalue weighted by Gasteiger charge is 2.15. The van der Waals surface area contributed by atoms with E-state index in [0.29, 0.717) is 6.54 Å². The number of hydrogen-bond donors (Lipinski definition) is 1. The fraction of sp³-hybridized carbons (Fsp3) is 0.235. The maximum absolute atomic E-state index is 12.4. The lowest BCUT2D eigenvalue weighted by atomic mass is 10.1. The summed E-state index contributed by atoms with van der Waals surface area (Å²) in [6, 6.07) is 11.7. The molecule has 22 heavy (non-hydrogen) atoms. The third-order valence-electron chi connectivity index (χ3n) is 3.71. The lowest BCUT2D eigenvalue weighted by Gasteiger charge is -2.09. The molecule has 0 spiro atoms. The zero-order chi connectivity index (χ0) is 15.5. The van der Waals surface area contributed by atoms with Crippen LogP contribution in [0.2, 0.25) is 5.02 Å². The number of nitrogens with one attached hydrogen (secondary N) is 1. The van der Waals surface area contributed by atoms with Crippen LogP contribution in [-0.2, 0) is 13.0 Å². The Hall–Kier alpha value is -1.78. The number of aromatic nitrogens is 1. The largest absolute Gasteiger partial charge is 0.350 e. The molecule has 114 valence electrons. The molecule has 0 bridgehead atoms. The van der Waals surface area contributed by atoms with Gasteiger partial charge >= 0.3 is 0 Å². The van der Waals surface area contributed by atoms with Crippen LogP contribution in [0.25, 0.3) is 10.2 Å². The number of hydrogen-bond acceptors (Lipinski definition) is 2. The molecule has 0 saturated heterocycles. The number of aryl methyl sites for hydroxylation is 1. The van der Waals surface area contributed by atoms with Crippen LogP contribution in [0.3, 0.4) is 0 Å². The van der Waals surface area contributed by atoms with E-state index in [1.165, 1.54) is 0 Å². The second kappa shape index (κ2) is 6.55. The summed E-state index contributed by atoms with van der Waals surface area (Å²) in [4.78, 5) is 12.4. The van der Waals surface area contributed by atoms with Crippen molar-refractivity contribution in [2.24, 2.45) is 0 Å². The average Bonchev–Trinajstić information content (AvgIpc) is 3.09. The van der Waals surface area contributed by atoms with Gasteiger partial charge in [-0.3, -0.25) is 4.79 Å². The van der Waals surface area contributed by atoms with E-state index in [0.717, 1.165) is 39.5 Å². The standard InChI is InChI=1S/C17H17ClN2OS/c1-2-20-14-8-10-22-16(14)11-15(20)17(21)19-9-7-12-5-3-4-6-13(12)18/h3-6,8,10-11H,2,7,9H2,1H3,(H,19,21). The minimum atomic E-state index is -0.0303. The van der Waals surface area contributed by atoms with Gasteiger partial charge in [-0.25, -0.2) is 0 Å². The monoisotopic (exact) mass is 332 g/mol. The number of halogens is 1. The number of nitrogens with zero attached hydrogens (tertiary/aromatic N) is 1. The Bertz CT molecular complexity index is 806. The van der Waals surface area contributed by atoms with E-state index in [4.69, 9.17) is 11.6 Å². The van der Waals surface area contributed by atoms with Gasteiger partial charge in [-0.05, 0) is 42.5 Å². The van der Waals surface area contributed by atoms with Crippen molar-refractivity contribution in [2.75, 3.05) is 6.54 Å². The lowest BCUT2D eigenvalue weighted by Crippen LogP contribution is -2.27. The number of carbonyl (C=O) groups is 1. The van der Waals surface area contributed by atoms with Crippen molar-refractivity contribution < 1.29 is 4.79 Å². The smallest absolute Gasteiger partial charge is 0.267 e. The van der Waals surface area contributed by atoms with Crippen LogP contribution in [-0.4, -0.2) is 17.0 Å². The van der Waals surface area contributed by atoms with Crippen LogP contribution in [0.1, 0.15) is 23.0 Å². The summed E-state index contributed by atoms with van der Waals surface area (Å²) >= 11 is 7.79. The van der Waals surface area contributed by atoms with Crippen molar-refractivity contribution in [2.45, 2.75) is 19.9 Å². The van der Waals surface area contributed by atoms with Gasteiger partial charge in [-0.1, -0.05) is 29.8 Å². The van der Waals surface area contributed by atoms with Crippen molar-refractivity contribution in [3.05, 3.63) is 58.1 Å². The van der Waals surface area contributed by atoms with Crippen LogP contribution >= 0.6 is 22.9 Å². The van der Waals surface area contributed by atoms with E-state index in [9.17, 15) is 4.79 Å². The van der Waals surface area contributed by atoms with E-state index in [1.54, 1.807) is 11.3 Å². The fourth-order valence-electron chi connectivity index (χ4n) is 2.61. The molecule has 3 aromatic rings. The predicted octanol–water partition coefficient (Wildman–Crippen LogP) is 4.35. The molecular formula is C17H17ClN2OS. The Morgan fingerprint density at radius 1 is 1.32 bits per heavy atom. The maximum atomic E-state index is 12.4. The van der Waals surface area contributed by atoms with Gasteiger partial charge in [0.1, 0.15) is 5.69 Å². The zero-order valence-corrected chi connectivity index (χ0v) is 13.9. The van der Waals surface area contributed by atoms with Crippen LogP contribution in [0.5, 0.6) is 0 Å². The zero-order valence-electron chi connectivity index (χ0n) is 12.3. The first-order valence-corrected chi connectivity index (χ1v) is 8.54. The average molecular weight is 333 g/mol. The molecule has 3 rings (SSSR count). The Morgan fingerprint density at radius 2 is 2.14 bits per heavy atom. The topological polar surface area (TPSA) is 34.0 Å². The van der Waals surface area contributed by atoms with E-state index in [-0.39, 0.29) is 5.91 Å². The molecule has 5 heteroatoms. The molecule has 0 fully saturated rings. The lowest BCUT2D eigenvalue weighted by molar-refractivity contribution is 0.0945. The molecule has 0 atom stereocenters. The van der Waals surface area contributed by atoms with Crippen molar-refractivity contribution in [1.82, 2.24) is 9.88 Å².